The summed E-state index contributed by atoms with van der Waals surface area (Å²) in [7, 11) is -3.56. The second-order valence-corrected chi connectivity index (χ2v) is 6.78. The largest absolute Gasteiger partial charge is 0.493 e. The van der Waals surface area contributed by atoms with Gasteiger partial charge in [-0.25, -0.2) is 8.42 Å². The summed E-state index contributed by atoms with van der Waals surface area (Å²) in [5.41, 5.74) is 0.760. The molecule has 3 rings (SSSR count). The summed E-state index contributed by atoms with van der Waals surface area (Å²) in [6, 6.07) is 15.2. The molecule has 1 aliphatic rings. The lowest BCUT2D eigenvalue weighted by Crippen LogP contribution is -2.14. The fourth-order valence-corrected chi connectivity index (χ4v) is 3.70. The second kappa shape index (κ2) is 5.23. The Morgan fingerprint density at radius 3 is 2.57 bits per heavy atom. The molecule has 0 aromatic heterocycles. The monoisotopic (exact) mass is 299 g/mol. The number of fused-ring (bicyclic) bond motifs is 1. The van der Waals surface area contributed by atoms with Crippen LogP contribution in [-0.4, -0.2) is 15.0 Å². The van der Waals surface area contributed by atoms with E-state index in [4.69, 9.17) is 10.00 Å². The molecule has 0 radical (unpaired) electrons. The Kier molecular flexibility index (Phi) is 3.40. The normalized spacial score (nSPS) is 17.4. The van der Waals surface area contributed by atoms with E-state index in [1.165, 1.54) is 6.07 Å². The maximum Gasteiger partial charge on any atom is 0.206 e. The molecule has 0 spiro atoms. The standard InChI is InChI=1S/C16H13NO3S/c17-11-12-8-9-20-16-10-14(6-7-15(12)16)21(18,19)13-4-2-1-3-5-13/h1-7,10,12H,8-9H2/t12-/m0/s1. The number of ether oxygens (including phenoxy) is 1. The molecule has 0 fully saturated rings. The van der Waals surface area contributed by atoms with Crippen molar-refractivity contribution in [2.75, 3.05) is 6.61 Å². The third-order valence-electron chi connectivity index (χ3n) is 3.54. The molecular weight excluding hydrogens is 286 g/mol. The van der Waals surface area contributed by atoms with E-state index in [1.807, 2.05) is 0 Å². The van der Waals surface area contributed by atoms with Crippen molar-refractivity contribution in [3.05, 3.63) is 54.1 Å². The van der Waals surface area contributed by atoms with Gasteiger partial charge in [-0.15, -0.1) is 0 Å². The fourth-order valence-electron chi connectivity index (χ4n) is 2.41. The third-order valence-corrected chi connectivity index (χ3v) is 5.31. The van der Waals surface area contributed by atoms with Gasteiger partial charge < -0.3 is 4.74 Å². The lowest BCUT2D eigenvalue weighted by Gasteiger charge is -2.21. The van der Waals surface area contributed by atoms with E-state index in [0.717, 1.165) is 5.56 Å². The van der Waals surface area contributed by atoms with Gasteiger partial charge in [-0.2, -0.15) is 5.26 Å². The molecule has 0 saturated carbocycles. The van der Waals surface area contributed by atoms with E-state index >= 15 is 0 Å². The van der Waals surface area contributed by atoms with Crippen LogP contribution in [0.1, 0.15) is 17.9 Å². The smallest absolute Gasteiger partial charge is 0.206 e. The molecule has 106 valence electrons. The van der Waals surface area contributed by atoms with E-state index in [0.29, 0.717) is 18.8 Å². The molecular formula is C16H13NO3S. The molecule has 1 aliphatic heterocycles. The van der Waals surface area contributed by atoms with E-state index in [-0.39, 0.29) is 15.7 Å². The molecule has 0 N–H and O–H groups in total. The van der Waals surface area contributed by atoms with Gasteiger partial charge in [-0.3, -0.25) is 0 Å². The lowest BCUT2D eigenvalue weighted by atomic mass is 9.95. The van der Waals surface area contributed by atoms with Crippen LogP contribution in [0.2, 0.25) is 0 Å². The SMILES string of the molecule is N#C[C@@H]1CCOc2cc(S(=O)(=O)c3ccccc3)ccc21. The summed E-state index contributed by atoms with van der Waals surface area (Å²) in [6.45, 7) is 0.431. The van der Waals surface area contributed by atoms with Crippen LogP contribution in [0, 0.1) is 11.3 Å². The van der Waals surface area contributed by atoms with Crippen LogP contribution in [0.4, 0.5) is 0 Å². The van der Waals surface area contributed by atoms with E-state index in [9.17, 15) is 8.42 Å². The first-order valence-electron chi connectivity index (χ1n) is 6.59. The Morgan fingerprint density at radius 1 is 1.10 bits per heavy atom. The minimum Gasteiger partial charge on any atom is -0.493 e. The summed E-state index contributed by atoms with van der Waals surface area (Å²) in [5.74, 6) is 0.257. The van der Waals surface area contributed by atoms with Gasteiger partial charge >= 0.3 is 0 Å². The molecule has 0 bridgehead atoms. The fraction of sp³-hybridized carbons (Fsp3) is 0.188. The van der Waals surface area contributed by atoms with Crippen molar-refractivity contribution >= 4 is 9.84 Å². The highest BCUT2D eigenvalue weighted by Gasteiger charge is 2.24. The summed E-state index contributed by atoms with van der Waals surface area (Å²) >= 11 is 0. The van der Waals surface area contributed by atoms with Gasteiger partial charge in [0.15, 0.2) is 0 Å². The van der Waals surface area contributed by atoms with Crippen molar-refractivity contribution in [2.45, 2.75) is 22.1 Å². The summed E-state index contributed by atoms with van der Waals surface area (Å²) in [6.07, 6.45) is 0.633. The van der Waals surface area contributed by atoms with Gasteiger partial charge in [0.25, 0.3) is 0 Å². The molecule has 21 heavy (non-hydrogen) atoms. The summed E-state index contributed by atoms with van der Waals surface area (Å²) < 4.78 is 30.6. The van der Waals surface area contributed by atoms with E-state index in [2.05, 4.69) is 6.07 Å². The molecule has 0 amide bonds. The molecule has 1 atom stereocenters. The number of nitrogens with zero attached hydrogens (tertiary/aromatic N) is 1. The maximum atomic E-state index is 12.6. The molecule has 0 aliphatic carbocycles. The van der Waals surface area contributed by atoms with Crippen LogP contribution in [0.5, 0.6) is 5.75 Å². The Labute approximate surface area is 123 Å². The van der Waals surface area contributed by atoms with Crippen LogP contribution in [0.15, 0.2) is 58.3 Å². The average molecular weight is 299 g/mol. The number of nitriles is 1. The minimum atomic E-state index is -3.56. The zero-order valence-corrected chi connectivity index (χ0v) is 12.0. The van der Waals surface area contributed by atoms with Crippen molar-refractivity contribution in [3.63, 3.8) is 0 Å². The van der Waals surface area contributed by atoms with Crippen LogP contribution in [0.3, 0.4) is 0 Å². The van der Waals surface area contributed by atoms with Gasteiger partial charge in [0.05, 0.1) is 28.4 Å². The first kappa shape index (κ1) is 13.7. The van der Waals surface area contributed by atoms with Gasteiger partial charge in [0, 0.05) is 12.0 Å². The molecule has 5 heteroatoms. The maximum absolute atomic E-state index is 12.6. The van der Waals surface area contributed by atoms with E-state index < -0.39 is 9.84 Å². The van der Waals surface area contributed by atoms with Crippen molar-refractivity contribution in [1.29, 1.82) is 5.26 Å². The third kappa shape index (κ3) is 2.39. The number of sulfone groups is 1. The lowest BCUT2D eigenvalue weighted by molar-refractivity contribution is 0.279. The topological polar surface area (TPSA) is 67.2 Å². The summed E-state index contributed by atoms with van der Waals surface area (Å²) in [4.78, 5) is 0.434. The highest BCUT2D eigenvalue weighted by molar-refractivity contribution is 7.91. The molecule has 2 aromatic rings. The number of rotatable bonds is 2. The van der Waals surface area contributed by atoms with Gasteiger partial charge in [0.2, 0.25) is 9.84 Å². The molecule has 0 saturated heterocycles. The van der Waals surface area contributed by atoms with E-state index in [1.54, 1.807) is 42.5 Å². The predicted molar refractivity (Wildman–Crippen MR) is 76.8 cm³/mol. The van der Waals surface area contributed by atoms with Crippen LogP contribution in [-0.2, 0) is 9.84 Å². The highest BCUT2D eigenvalue weighted by Crippen LogP contribution is 2.35. The Hall–Kier alpha value is -2.32. The van der Waals surface area contributed by atoms with Crippen molar-refractivity contribution in [2.24, 2.45) is 0 Å². The zero-order valence-electron chi connectivity index (χ0n) is 11.2. The molecule has 1 heterocycles. The minimum absolute atomic E-state index is 0.186. The average Bonchev–Trinajstić information content (AvgIpc) is 2.54. The number of hydrogen-bond donors (Lipinski definition) is 0. The van der Waals surface area contributed by atoms with Crippen molar-refractivity contribution in [1.82, 2.24) is 0 Å². The Balaban J connectivity index is 2.08. The molecule has 2 aromatic carbocycles. The van der Waals surface area contributed by atoms with Gasteiger partial charge in [0.1, 0.15) is 5.75 Å². The van der Waals surface area contributed by atoms with Crippen LogP contribution < -0.4 is 4.74 Å². The Bertz CT molecular complexity index is 807. The van der Waals surface area contributed by atoms with Gasteiger partial charge in [-0.1, -0.05) is 24.3 Å². The van der Waals surface area contributed by atoms with Gasteiger partial charge in [-0.05, 0) is 24.3 Å². The van der Waals surface area contributed by atoms with Crippen LogP contribution in [0.25, 0.3) is 0 Å². The number of benzene rings is 2. The number of hydrogen-bond acceptors (Lipinski definition) is 4. The van der Waals surface area contributed by atoms with Crippen molar-refractivity contribution in [3.8, 4) is 11.8 Å². The van der Waals surface area contributed by atoms with Crippen molar-refractivity contribution < 1.29 is 13.2 Å². The predicted octanol–water partition coefficient (Wildman–Crippen LogP) is 2.91. The Morgan fingerprint density at radius 2 is 1.86 bits per heavy atom. The zero-order chi connectivity index (χ0) is 14.9. The first-order chi connectivity index (χ1) is 10.1. The summed E-state index contributed by atoms with van der Waals surface area (Å²) in [5, 5.41) is 9.12. The van der Waals surface area contributed by atoms with Crippen LogP contribution >= 0.6 is 0 Å². The highest BCUT2D eigenvalue weighted by atomic mass is 32.2. The quantitative estimate of drug-likeness (QED) is 0.855. The second-order valence-electron chi connectivity index (χ2n) is 4.83. The first-order valence-corrected chi connectivity index (χ1v) is 8.08. The molecule has 4 nitrogen and oxygen atoms in total. The molecule has 0 unspecified atom stereocenters.